The Labute approximate surface area is 145 Å². The first-order chi connectivity index (χ1) is 11.1. The number of sulfone groups is 1. The molecule has 1 aromatic rings. The van der Waals surface area contributed by atoms with Crippen LogP contribution in [-0.4, -0.2) is 45.0 Å². The zero-order valence-corrected chi connectivity index (χ0v) is 15.8. The van der Waals surface area contributed by atoms with Crippen LogP contribution in [0.2, 0.25) is 0 Å². The molecule has 5 nitrogen and oxygen atoms in total. The van der Waals surface area contributed by atoms with Gasteiger partial charge in [0.15, 0.2) is 14.6 Å². The van der Waals surface area contributed by atoms with Crippen molar-refractivity contribution in [2.75, 3.05) is 25.9 Å². The van der Waals surface area contributed by atoms with Gasteiger partial charge in [-0.25, -0.2) is 8.42 Å². The van der Waals surface area contributed by atoms with E-state index in [2.05, 4.69) is 22.8 Å². The van der Waals surface area contributed by atoms with Crippen LogP contribution in [0.25, 0.3) is 0 Å². The first kappa shape index (κ1) is 18.9. The topological polar surface area (TPSA) is 75.3 Å². The second kappa shape index (κ2) is 6.84. The first-order valence-electron chi connectivity index (χ1n) is 8.34. The molecule has 0 spiro atoms. The molecule has 1 aliphatic rings. The van der Waals surface area contributed by atoms with Crippen LogP contribution >= 0.6 is 0 Å². The number of carbonyl (C=O) groups is 1. The van der Waals surface area contributed by atoms with Gasteiger partial charge in [-0.1, -0.05) is 43.7 Å². The van der Waals surface area contributed by atoms with Crippen LogP contribution in [-0.2, 0) is 20.0 Å². The fraction of sp³-hybridized carbons (Fsp3) is 0.611. The summed E-state index contributed by atoms with van der Waals surface area (Å²) in [7, 11) is -3.48. The number of nitrogens with one attached hydrogen (secondary N) is 2. The molecule has 1 saturated heterocycles. The van der Waals surface area contributed by atoms with E-state index in [1.165, 1.54) is 11.8 Å². The van der Waals surface area contributed by atoms with Gasteiger partial charge in [0.1, 0.15) is 0 Å². The molecule has 1 fully saturated rings. The van der Waals surface area contributed by atoms with Crippen LogP contribution < -0.4 is 10.6 Å². The molecule has 6 heteroatoms. The third-order valence-electron chi connectivity index (χ3n) is 5.06. The van der Waals surface area contributed by atoms with Crippen molar-refractivity contribution in [1.29, 1.82) is 0 Å². The van der Waals surface area contributed by atoms with E-state index in [1.54, 1.807) is 0 Å². The molecule has 134 valence electrons. The highest BCUT2D eigenvalue weighted by Crippen LogP contribution is 2.29. The Morgan fingerprint density at radius 1 is 1.21 bits per heavy atom. The molecular formula is C18H28N2O3S. The molecule has 1 amide bonds. The summed E-state index contributed by atoms with van der Waals surface area (Å²) < 4.78 is 23.3. The number of piperidine rings is 1. The van der Waals surface area contributed by atoms with Gasteiger partial charge in [-0.3, -0.25) is 4.79 Å². The molecule has 2 N–H and O–H groups in total. The van der Waals surface area contributed by atoms with Gasteiger partial charge in [0.25, 0.3) is 0 Å². The zero-order valence-electron chi connectivity index (χ0n) is 15.0. The predicted octanol–water partition coefficient (Wildman–Crippen LogP) is 1.56. The molecule has 2 rings (SSSR count). The van der Waals surface area contributed by atoms with Gasteiger partial charge in [0, 0.05) is 18.2 Å². The second-order valence-corrected chi connectivity index (χ2v) is 9.77. The number of rotatable bonds is 5. The summed E-state index contributed by atoms with van der Waals surface area (Å²) in [6.07, 6.45) is 1.81. The zero-order chi connectivity index (χ0) is 18.0. The summed E-state index contributed by atoms with van der Waals surface area (Å²) in [5.41, 5.74) is 2.03. The summed E-state index contributed by atoms with van der Waals surface area (Å²) in [5.74, 6) is -0.369. The molecule has 1 heterocycles. The lowest BCUT2D eigenvalue weighted by atomic mass is 9.84. The Bertz CT molecular complexity index is 687. The van der Waals surface area contributed by atoms with E-state index in [0.29, 0.717) is 32.5 Å². The molecule has 1 aliphatic heterocycles. The Morgan fingerprint density at radius 3 is 2.25 bits per heavy atom. The molecule has 0 bridgehead atoms. The van der Waals surface area contributed by atoms with Crippen molar-refractivity contribution in [2.45, 2.75) is 43.8 Å². The number of hydrogen-bond donors (Lipinski definition) is 2. The van der Waals surface area contributed by atoms with E-state index in [9.17, 15) is 13.2 Å². The minimum absolute atomic E-state index is 0.269. The second-order valence-electron chi connectivity index (χ2n) is 7.45. The lowest BCUT2D eigenvalue weighted by Crippen LogP contribution is -2.58. The SMILES string of the molecule is Cc1ccc(C(C)(C)CNC(=O)C2(S(C)(=O)=O)CCNCC2)cc1. The Kier molecular flexibility index (Phi) is 5.40. The fourth-order valence-corrected chi connectivity index (χ4v) is 4.52. The van der Waals surface area contributed by atoms with Crippen LogP contribution in [0.5, 0.6) is 0 Å². The van der Waals surface area contributed by atoms with Crippen LogP contribution in [0.3, 0.4) is 0 Å². The van der Waals surface area contributed by atoms with E-state index < -0.39 is 14.6 Å². The fourth-order valence-electron chi connectivity index (χ4n) is 3.17. The van der Waals surface area contributed by atoms with Crippen LogP contribution in [0.1, 0.15) is 37.8 Å². The largest absolute Gasteiger partial charge is 0.354 e. The maximum atomic E-state index is 12.8. The summed E-state index contributed by atoms with van der Waals surface area (Å²) in [6, 6.07) is 8.20. The standard InChI is InChI=1S/C18H28N2O3S/c1-14-5-7-15(8-6-14)17(2,3)13-20-16(21)18(24(4,22)23)9-11-19-12-10-18/h5-8,19H,9-13H2,1-4H3,(H,20,21). The lowest BCUT2D eigenvalue weighted by molar-refractivity contribution is -0.124. The third kappa shape index (κ3) is 3.81. The van der Waals surface area contributed by atoms with Crippen molar-refractivity contribution in [3.63, 3.8) is 0 Å². The minimum atomic E-state index is -3.48. The number of benzene rings is 1. The normalized spacial score (nSPS) is 18.2. The van der Waals surface area contributed by atoms with E-state index >= 15 is 0 Å². The number of hydrogen-bond acceptors (Lipinski definition) is 4. The molecule has 24 heavy (non-hydrogen) atoms. The average molecular weight is 353 g/mol. The maximum Gasteiger partial charge on any atom is 0.241 e. The number of amides is 1. The molecule has 0 aliphatic carbocycles. The van der Waals surface area contributed by atoms with Crippen molar-refractivity contribution in [3.05, 3.63) is 35.4 Å². The van der Waals surface area contributed by atoms with Crippen LogP contribution in [0.4, 0.5) is 0 Å². The molecule has 0 unspecified atom stereocenters. The molecule has 0 atom stereocenters. The van der Waals surface area contributed by atoms with Crippen LogP contribution in [0, 0.1) is 6.92 Å². The van der Waals surface area contributed by atoms with Gasteiger partial charge in [0.2, 0.25) is 5.91 Å². The van der Waals surface area contributed by atoms with Crippen molar-refractivity contribution < 1.29 is 13.2 Å². The summed E-state index contributed by atoms with van der Waals surface area (Å²) in [6.45, 7) is 7.62. The summed E-state index contributed by atoms with van der Waals surface area (Å²) >= 11 is 0. The van der Waals surface area contributed by atoms with Gasteiger partial charge < -0.3 is 10.6 Å². The highest BCUT2D eigenvalue weighted by atomic mass is 32.2. The van der Waals surface area contributed by atoms with E-state index in [-0.39, 0.29) is 11.3 Å². The minimum Gasteiger partial charge on any atom is -0.354 e. The summed E-state index contributed by atoms with van der Waals surface area (Å²) in [5, 5.41) is 6.03. The van der Waals surface area contributed by atoms with Gasteiger partial charge in [0.05, 0.1) is 0 Å². The molecular weight excluding hydrogens is 324 g/mol. The highest BCUT2D eigenvalue weighted by Gasteiger charge is 2.48. The molecule has 0 aromatic heterocycles. The lowest BCUT2D eigenvalue weighted by Gasteiger charge is -2.35. The van der Waals surface area contributed by atoms with Gasteiger partial charge in [-0.15, -0.1) is 0 Å². The van der Waals surface area contributed by atoms with Crippen molar-refractivity contribution in [2.24, 2.45) is 0 Å². The number of aryl methyl sites for hydroxylation is 1. The van der Waals surface area contributed by atoms with Gasteiger partial charge in [-0.2, -0.15) is 0 Å². The first-order valence-corrected chi connectivity index (χ1v) is 10.2. The van der Waals surface area contributed by atoms with Gasteiger partial charge >= 0.3 is 0 Å². The van der Waals surface area contributed by atoms with Gasteiger partial charge in [-0.05, 0) is 38.4 Å². The summed E-state index contributed by atoms with van der Waals surface area (Å²) in [4.78, 5) is 12.8. The van der Waals surface area contributed by atoms with Crippen molar-refractivity contribution in [3.8, 4) is 0 Å². The Morgan fingerprint density at radius 2 is 1.75 bits per heavy atom. The van der Waals surface area contributed by atoms with Crippen LogP contribution in [0.15, 0.2) is 24.3 Å². The Hall–Kier alpha value is -1.40. The monoisotopic (exact) mass is 352 g/mol. The number of carbonyl (C=O) groups excluding carboxylic acids is 1. The maximum absolute atomic E-state index is 12.8. The van der Waals surface area contributed by atoms with E-state index in [0.717, 1.165) is 5.56 Å². The highest BCUT2D eigenvalue weighted by molar-refractivity contribution is 7.92. The van der Waals surface area contributed by atoms with E-state index in [1.807, 2.05) is 32.9 Å². The van der Waals surface area contributed by atoms with Crippen molar-refractivity contribution in [1.82, 2.24) is 10.6 Å². The predicted molar refractivity (Wildman–Crippen MR) is 96.9 cm³/mol. The van der Waals surface area contributed by atoms with Crippen molar-refractivity contribution >= 4 is 15.7 Å². The molecule has 0 radical (unpaired) electrons. The third-order valence-corrected chi connectivity index (χ3v) is 7.07. The smallest absolute Gasteiger partial charge is 0.241 e. The quantitative estimate of drug-likeness (QED) is 0.843. The average Bonchev–Trinajstić information content (AvgIpc) is 2.52. The van der Waals surface area contributed by atoms with E-state index in [4.69, 9.17) is 0 Å². The molecule has 0 saturated carbocycles. The Balaban J connectivity index is 2.14. The molecule has 1 aromatic carbocycles.